The van der Waals surface area contributed by atoms with Crippen molar-refractivity contribution in [1.82, 2.24) is 19.9 Å². The lowest BCUT2D eigenvalue weighted by Crippen LogP contribution is -2.11. The van der Waals surface area contributed by atoms with Gasteiger partial charge < -0.3 is 5.84 Å². The molecule has 2 N–H and O–H groups in total. The maximum absolute atomic E-state index is 6.25. The van der Waals surface area contributed by atoms with Crippen molar-refractivity contribution in [2.75, 3.05) is 5.84 Å². The summed E-state index contributed by atoms with van der Waals surface area (Å²) in [6.45, 7) is 0. The van der Waals surface area contributed by atoms with Crippen molar-refractivity contribution in [2.45, 2.75) is 17.3 Å². The summed E-state index contributed by atoms with van der Waals surface area (Å²) in [6.07, 6.45) is 0.836. The lowest BCUT2D eigenvalue weighted by Gasteiger charge is -2.05. The van der Waals surface area contributed by atoms with Crippen LogP contribution in [0.15, 0.2) is 59.1 Å². The molecule has 0 aliphatic rings. The van der Waals surface area contributed by atoms with Crippen molar-refractivity contribution < 1.29 is 0 Å². The van der Waals surface area contributed by atoms with Crippen LogP contribution in [0.2, 0.25) is 10.0 Å². The third-order valence-electron chi connectivity index (χ3n) is 3.98. The SMILES string of the molecule is Nn1c(SCc2csc(Cc3ccccc3)n2)nnc1-c1ccc(Cl)cc1Cl. The van der Waals surface area contributed by atoms with Crippen LogP contribution >= 0.6 is 46.3 Å². The van der Waals surface area contributed by atoms with E-state index in [1.807, 2.05) is 18.2 Å². The van der Waals surface area contributed by atoms with Gasteiger partial charge in [0.25, 0.3) is 0 Å². The summed E-state index contributed by atoms with van der Waals surface area (Å²) >= 11 is 15.3. The second-order valence-electron chi connectivity index (χ2n) is 5.98. The fourth-order valence-corrected chi connectivity index (χ4v) is 4.81. The summed E-state index contributed by atoms with van der Waals surface area (Å²) in [5.41, 5.74) is 2.93. The van der Waals surface area contributed by atoms with Gasteiger partial charge in [-0.2, -0.15) is 0 Å². The molecule has 0 saturated carbocycles. The highest BCUT2D eigenvalue weighted by Crippen LogP contribution is 2.31. The molecule has 5 nitrogen and oxygen atoms in total. The Kier molecular flexibility index (Phi) is 5.87. The Hall–Kier alpha value is -2.06. The zero-order valence-corrected chi connectivity index (χ0v) is 17.7. The largest absolute Gasteiger partial charge is 0.335 e. The summed E-state index contributed by atoms with van der Waals surface area (Å²) in [5.74, 6) is 7.33. The van der Waals surface area contributed by atoms with Crippen LogP contribution in [0.4, 0.5) is 0 Å². The number of nitrogen functional groups attached to an aromatic ring is 1. The van der Waals surface area contributed by atoms with E-state index in [1.54, 1.807) is 29.5 Å². The summed E-state index contributed by atoms with van der Waals surface area (Å²) in [7, 11) is 0. The number of thiazole rings is 1. The van der Waals surface area contributed by atoms with Crippen LogP contribution in [0.5, 0.6) is 0 Å². The number of nitrogens with two attached hydrogens (primary N) is 1. The molecular weight excluding hydrogens is 433 g/mol. The molecule has 4 aromatic rings. The van der Waals surface area contributed by atoms with E-state index >= 15 is 0 Å². The summed E-state index contributed by atoms with van der Waals surface area (Å²) in [6, 6.07) is 15.5. The minimum Gasteiger partial charge on any atom is -0.335 e. The third kappa shape index (κ3) is 4.33. The fraction of sp³-hybridized carbons (Fsp3) is 0.105. The Labute approximate surface area is 180 Å². The molecule has 9 heteroatoms. The smallest absolute Gasteiger partial charge is 0.210 e. The second-order valence-corrected chi connectivity index (χ2v) is 8.71. The van der Waals surface area contributed by atoms with Gasteiger partial charge >= 0.3 is 0 Å². The molecule has 2 aromatic heterocycles. The molecule has 0 unspecified atom stereocenters. The van der Waals surface area contributed by atoms with E-state index in [0.717, 1.165) is 17.1 Å². The van der Waals surface area contributed by atoms with Crippen molar-refractivity contribution >= 4 is 46.3 Å². The molecule has 4 rings (SSSR count). The Bertz CT molecular complexity index is 1090. The maximum atomic E-state index is 6.25. The summed E-state index contributed by atoms with van der Waals surface area (Å²) < 4.78 is 1.44. The van der Waals surface area contributed by atoms with Crippen LogP contribution in [0.3, 0.4) is 0 Å². The van der Waals surface area contributed by atoms with E-state index < -0.39 is 0 Å². The van der Waals surface area contributed by atoms with Gasteiger partial charge in [-0.3, -0.25) is 0 Å². The van der Waals surface area contributed by atoms with Gasteiger partial charge in [0, 0.05) is 28.1 Å². The van der Waals surface area contributed by atoms with Crippen LogP contribution in [0, 0.1) is 0 Å². The molecule has 2 heterocycles. The second kappa shape index (κ2) is 8.53. The molecule has 28 heavy (non-hydrogen) atoms. The van der Waals surface area contributed by atoms with E-state index in [0.29, 0.717) is 32.3 Å². The number of hydrogen-bond acceptors (Lipinski definition) is 6. The van der Waals surface area contributed by atoms with Crippen LogP contribution in [0.25, 0.3) is 11.4 Å². The van der Waals surface area contributed by atoms with Gasteiger partial charge in [-0.15, -0.1) is 21.5 Å². The predicted molar refractivity (Wildman–Crippen MR) is 117 cm³/mol. The van der Waals surface area contributed by atoms with E-state index in [4.69, 9.17) is 34.0 Å². The van der Waals surface area contributed by atoms with Gasteiger partial charge in [-0.1, -0.05) is 65.3 Å². The van der Waals surface area contributed by atoms with Gasteiger partial charge in [0.1, 0.15) is 0 Å². The normalized spacial score (nSPS) is 11.1. The summed E-state index contributed by atoms with van der Waals surface area (Å²) in [4.78, 5) is 4.70. The number of thioether (sulfide) groups is 1. The Morgan fingerprint density at radius 1 is 1.07 bits per heavy atom. The number of benzene rings is 2. The average Bonchev–Trinajstić information content (AvgIpc) is 3.28. The highest BCUT2D eigenvalue weighted by molar-refractivity contribution is 7.98. The van der Waals surface area contributed by atoms with Crippen LogP contribution < -0.4 is 5.84 Å². The summed E-state index contributed by atoms with van der Waals surface area (Å²) in [5, 5.41) is 13.1. The number of halogens is 2. The number of nitrogens with zero attached hydrogens (tertiary/aromatic N) is 4. The first-order chi connectivity index (χ1) is 13.6. The Morgan fingerprint density at radius 2 is 1.89 bits per heavy atom. The van der Waals surface area contributed by atoms with Crippen LogP contribution in [-0.2, 0) is 12.2 Å². The van der Waals surface area contributed by atoms with E-state index in [2.05, 4.69) is 27.7 Å². The molecule has 0 saturated heterocycles. The monoisotopic (exact) mass is 447 g/mol. The minimum atomic E-state index is 0.480. The molecule has 0 bridgehead atoms. The zero-order valence-electron chi connectivity index (χ0n) is 14.5. The maximum Gasteiger partial charge on any atom is 0.210 e. The average molecular weight is 448 g/mol. The van der Waals surface area contributed by atoms with Gasteiger partial charge in [0.15, 0.2) is 5.82 Å². The molecule has 0 fully saturated rings. The standard InChI is InChI=1S/C19H15Cl2N5S2/c20-13-6-7-15(16(21)9-13)18-24-25-19(26(18)22)28-11-14-10-27-17(23-14)8-12-4-2-1-3-5-12/h1-7,9-10H,8,11,22H2. The molecule has 0 spiro atoms. The highest BCUT2D eigenvalue weighted by Gasteiger charge is 2.15. The number of rotatable bonds is 6. The quantitative estimate of drug-likeness (QED) is 0.320. The first-order valence-corrected chi connectivity index (χ1v) is 11.0. The molecule has 0 radical (unpaired) electrons. The Morgan fingerprint density at radius 3 is 2.68 bits per heavy atom. The molecule has 142 valence electrons. The highest BCUT2D eigenvalue weighted by atomic mass is 35.5. The number of hydrogen-bond donors (Lipinski definition) is 1. The fourth-order valence-electron chi connectivity index (χ4n) is 2.64. The van der Waals surface area contributed by atoms with Gasteiger partial charge in [-0.05, 0) is 23.8 Å². The van der Waals surface area contributed by atoms with E-state index in [1.165, 1.54) is 22.0 Å². The van der Waals surface area contributed by atoms with Gasteiger partial charge in [0.05, 0.1) is 15.7 Å². The molecule has 0 aliphatic carbocycles. The van der Waals surface area contributed by atoms with Crippen molar-refractivity contribution in [1.29, 1.82) is 0 Å². The lowest BCUT2D eigenvalue weighted by molar-refractivity contribution is 0.849. The third-order valence-corrected chi connectivity index (χ3v) is 6.41. The topological polar surface area (TPSA) is 69.6 Å². The van der Waals surface area contributed by atoms with E-state index in [9.17, 15) is 0 Å². The molecule has 0 aliphatic heterocycles. The lowest BCUT2D eigenvalue weighted by atomic mass is 10.2. The van der Waals surface area contributed by atoms with Crippen molar-refractivity contribution in [2.24, 2.45) is 0 Å². The molecule has 2 aromatic carbocycles. The van der Waals surface area contributed by atoms with Crippen molar-refractivity contribution in [3.63, 3.8) is 0 Å². The molecule has 0 amide bonds. The first kappa shape index (κ1) is 19.3. The minimum absolute atomic E-state index is 0.480. The molecule has 0 atom stereocenters. The Balaban J connectivity index is 1.44. The van der Waals surface area contributed by atoms with Crippen LogP contribution in [-0.4, -0.2) is 19.9 Å². The van der Waals surface area contributed by atoms with Crippen molar-refractivity contribution in [3.8, 4) is 11.4 Å². The van der Waals surface area contributed by atoms with Gasteiger partial charge in [0.2, 0.25) is 5.16 Å². The number of aromatic nitrogens is 4. The first-order valence-electron chi connectivity index (χ1n) is 8.36. The van der Waals surface area contributed by atoms with E-state index in [-0.39, 0.29) is 0 Å². The zero-order chi connectivity index (χ0) is 19.5. The predicted octanol–water partition coefficient (Wildman–Crippen LogP) is 5.31. The van der Waals surface area contributed by atoms with Gasteiger partial charge in [-0.25, -0.2) is 9.66 Å². The van der Waals surface area contributed by atoms with Crippen molar-refractivity contribution in [3.05, 3.63) is 80.2 Å². The van der Waals surface area contributed by atoms with Crippen LogP contribution in [0.1, 0.15) is 16.3 Å². The molecular formula is C19H15Cl2N5S2.